The zero-order valence-electron chi connectivity index (χ0n) is 13.5. The van der Waals surface area contributed by atoms with E-state index >= 15 is 0 Å². The summed E-state index contributed by atoms with van der Waals surface area (Å²) in [5.41, 5.74) is 1.36. The van der Waals surface area contributed by atoms with Crippen LogP contribution in [0.2, 0.25) is 0 Å². The molecule has 0 aliphatic carbocycles. The van der Waals surface area contributed by atoms with E-state index in [-0.39, 0.29) is 11.6 Å². The standard InChI is InChI=1S/C17H26N2O2/c1-13(2)12-17(3)18-15-9-6-5-8-14(15)16(20)19(17)10-7-11-21-4/h5-6,8-9,13,18H,7,10-12H2,1-4H3. The number of ether oxygens (including phenoxy) is 1. The number of carbonyl (C=O) groups excluding carboxylic acids is 1. The average molecular weight is 290 g/mol. The molecule has 1 aliphatic heterocycles. The number of rotatable bonds is 6. The highest BCUT2D eigenvalue weighted by atomic mass is 16.5. The lowest BCUT2D eigenvalue weighted by molar-refractivity contribution is 0.0465. The maximum absolute atomic E-state index is 12.9. The van der Waals surface area contributed by atoms with Crippen LogP contribution in [0.1, 0.15) is 44.0 Å². The fourth-order valence-corrected chi connectivity index (χ4v) is 3.18. The van der Waals surface area contributed by atoms with E-state index < -0.39 is 0 Å². The number of fused-ring (bicyclic) bond motifs is 1. The second-order valence-corrected chi connectivity index (χ2v) is 6.35. The highest BCUT2D eigenvalue weighted by molar-refractivity contribution is 6.02. The number of benzene rings is 1. The first kappa shape index (κ1) is 15.8. The van der Waals surface area contributed by atoms with Crippen LogP contribution in [-0.2, 0) is 4.74 Å². The molecule has 116 valence electrons. The van der Waals surface area contributed by atoms with Gasteiger partial charge in [-0.2, -0.15) is 0 Å². The molecule has 0 fully saturated rings. The highest BCUT2D eigenvalue weighted by Gasteiger charge is 2.40. The third-order valence-electron chi connectivity index (χ3n) is 3.94. The van der Waals surface area contributed by atoms with Crippen molar-refractivity contribution in [2.24, 2.45) is 5.92 Å². The highest BCUT2D eigenvalue weighted by Crippen LogP contribution is 2.34. The smallest absolute Gasteiger partial charge is 0.257 e. The Kier molecular flexibility index (Phi) is 4.88. The average Bonchev–Trinajstić information content (AvgIpc) is 2.41. The van der Waals surface area contributed by atoms with Crippen molar-refractivity contribution in [3.05, 3.63) is 29.8 Å². The normalized spacial score (nSPS) is 21.4. The van der Waals surface area contributed by atoms with Gasteiger partial charge in [-0.15, -0.1) is 0 Å². The number of hydrogen-bond donors (Lipinski definition) is 1. The molecule has 0 spiro atoms. The molecule has 0 radical (unpaired) electrons. The number of nitrogens with one attached hydrogen (secondary N) is 1. The number of methoxy groups -OCH3 is 1. The minimum atomic E-state index is -0.340. The van der Waals surface area contributed by atoms with Crippen LogP contribution in [-0.4, -0.2) is 36.7 Å². The lowest BCUT2D eigenvalue weighted by atomic mass is 9.92. The molecule has 1 N–H and O–H groups in total. The summed E-state index contributed by atoms with van der Waals surface area (Å²) in [5.74, 6) is 0.620. The first-order valence-corrected chi connectivity index (χ1v) is 7.66. The van der Waals surface area contributed by atoms with E-state index in [9.17, 15) is 4.79 Å². The molecule has 1 aromatic rings. The van der Waals surface area contributed by atoms with Crippen LogP contribution in [0.4, 0.5) is 5.69 Å². The van der Waals surface area contributed by atoms with Gasteiger partial charge in [0.05, 0.1) is 5.56 Å². The van der Waals surface area contributed by atoms with Crippen molar-refractivity contribution in [1.29, 1.82) is 0 Å². The molecule has 1 heterocycles. The van der Waals surface area contributed by atoms with Gasteiger partial charge in [-0.1, -0.05) is 26.0 Å². The molecule has 1 amide bonds. The molecular weight excluding hydrogens is 264 g/mol. The van der Waals surface area contributed by atoms with Crippen molar-refractivity contribution in [2.45, 2.75) is 39.3 Å². The van der Waals surface area contributed by atoms with Crippen molar-refractivity contribution in [1.82, 2.24) is 4.90 Å². The summed E-state index contributed by atoms with van der Waals surface area (Å²) in [6, 6.07) is 7.76. The molecule has 1 unspecified atom stereocenters. The fourth-order valence-electron chi connectivity index (χ4n) is 3.18. The Morgan fingerprint density at radius 2 is 2.05 bits per heavy atom. The largest absolute Gasteiger partial charge is 0.385 e. The molecule has 21 heavy (non-hydrogen) atoms. The second-order valence-electron chi connectivity index (χ2n) is 6.35. The molecule has 0 saturated carbocycles. The monoisotopic (exact) mass is 290 g/mol. The quantitative estimate of drug-likeness (QED) is 0.817. The zero-order chi connectivity index (χ0) is 15.5. The summed E-state index contributed by atoms with van der Waals surface area (Å²) in [6.45, 7) is 7.87. The van der Waals surface area contributed by atoms with E-state index in [0.29, 0.717) is 19.1 Å². The lowest BCUT2D eigenvalue weighted by Gasteiger charge is -2.47. The van der Waals surface area contributed by atoms with E-state index in [1.54, 1.807) is 7.11 Å². The molecule has 0 saturated heterocycles. The maximum Gasteiger partial charge on any atom is 0.257 e. The maximum atomic E-state index is 12.9. The van der Waals surface area contributed by atoms with Gasteiger partial charge in [0.15, 0.2) is 0 Å². The van der Waals surface area contributed by atoms with Gasteiger partial charge in [-0.3, -0.25) is 4.79 Å². The van der Waals surface area contributed by atoms with Crippen molar-refractivity contribution < 1.29 is 9.53 Å². The molecule has 2 rings (SSSR count). The fraction of sp³-hybridized carbons (Fsp3) is 0.588. The van der Waals surface area contributed by atoms with Gasteiger partial charge < -0.3 is 15.0 Å². The van der Waals surface area contributed by atoms with Gasteiger partial charge in [-0.05, 0) is 37.8 Å². The van der Waals surface area contributed by atoms with Gasteiger partial charge >= 0.3 is 0 Å². The minimum absolute atomic E-state index is 0.114. The predicted octanol–water partition coefficient (Wildman–Crippen LogP) is 3.35. The predicted molar refractivity (Wildman–Crippen MR) is 85.5 cm³/mol. The number of nitrogens with zero attached hydrogens (tertiary/aromatic N) is 1. The molecular formula is C17H26N2O2. The first-order valence-electron chi connectivity index (χ1n) is 7.66. The van der Waals surface area contributed by atoms with Gasteiger partial charge in [0, 0.05) is 25.9 Å². The summed E-state index contributed by atoms with van der Waals surface area (Å²) in [6.07, 6.45) is 1.76. The Hall–Kier alpha value is -1.55. The molecule has 0 bridgehead atoms. The number of anilines is 1. The summed E-state index contributed by atoms with van der Waals surface area (Å²) in [7, 11) is 1.69. The van der Waals surface area contributed by atoms with Gasteiger partial charge in [0.25, 0.3) is 5.91 Å². The molecule has 1 atom stereocenters. The van der Waals surface area contributed by atoms with Crippen molar-refractivity contribution >= 4 is 11.6 Å². The SMILES string of the molecule is COCCCN1C(=O)c2ccccc2NC1(C)CC(C)C. The second kappa shape index (κ2) is 6.48. The van der Waals surface area contributed by atoms with Crippen LogP contribution in [0, 0.1) is 5.92 Å². The number of carbonyl (C=O) groups is 1. The Bertz CT molecular complexity index is 501. The van der Waals surface area contributed by atoms with Crippen molar-refractivity contribution in [3.63, 3.8) is 0 Å². The number of para-hydroxylation sites is 1. The third-order valence-corrected chi connectivity index (χ3v) is 3.94. The van der Waals surface area contributed by atoms with Crippen LogP contribution < -0.4 is 5.32 Å². The molecule has 1 aliphatic rings. The van der Waals surface area contributed by atoms with Gasteiger partial charge in [-0.25, -0.2) is 0 Å². The Morgan fingerprint density at radius 3 is 2.71 bits per heavy atom. The van der Waals surface area contributed by atoms with E-state index in [1.807, 2.05) is 29.2 Å². The number of hydrogen-bond acceptors (Lipinski definition) is 3. The van der Waals surface area contributed by atoms with Gasteiger partial charge in [0.1, 0.15) is 5.66 Å². The van der Waals surface area contributed by atoms with E-state index in [2.05, 4.69) is 26.1 Å². The molecule has 0 aromatic heterocycles. The summed E-state index contributed by atoms with van der Waals surface area (Å²) in [5, 5.41) is 3.58. The van der Waals surface area contributed by atoms with Crippen LogP contribution in [0.15, 0.2) is 24.3 Å². The Balaban J connectivity index is 2.30. The van der Waals surface area contributed by atoms with E-state index in [0.717, 1.165) is 24.1 Å². The molecule has 1 aromatic carbocycles. The topological polar surface area (TPSA) is 41.6 Å². The Labute approximate surface area is 127 Å². The van der Waals surface area contributed by atoms with E-state index in [4.69, 9.17) is 4.74 Å². The lowest BCUT2D eigenvalue weighted by Crippen LogP contribution is -2.59. The summed E-state index contributed by atoms with van der Waals surface area (Å²) >= 11 is 0. The van der Waals surface area contributed by atoms with Crippen LogP contribution >= 0.6 is 0 Å². The van der Waals surface area contributed by atoms with Crippen LogP contribution in [0.5, 0.6) is 0 Å². The summed E-state index contributed by atoms with van der Waals surface area (Å²) in [4.78, 5) is 14.8. The van der Waals surface area contributed by atoms with Crippen LogP contribution in [0.25, 0.3) is 0 Å². The molecule has 4 heteroatoms. The first-order chi connectivity index (χ1) is 9.98. The van der Waals surface area contributed by atoms with Crippen molar-refractivity contribution in [2.75, 3.05) is 25.6 Å². The Morgan fingerprint density at radius 1 is 1.33 bits per heavy atom. The summed E-state index contributed by atoms with van der Waals surface area (Å²) < 4.78 is 5.13. The zero-order valence-corrected chi connectivity index (χ0v) is 13.5. The minimum Gasteiger partial charge on any atom is -0.385 e. The van der Waals surface area contributed by atoms with Crippen LogP contribution in [0.3, 0.4) is 0 Å². The third kappa shape index (κ3) is 3.38. The van der Waals surface area contributed by atoms with Crippen molar-refractivity contribution in [3.8, 4) is 0 Å². The number of amides is 1. The molecule has 4 nitrogen and oxygen atoms in total. The van der Waals surface area contributed by atoms with Gasteiger partial charge in [0.2, 0.25) is 0 Å². The van der Waals surface area contributed by atoms with E-state index in [1.165, 1.54) is 0 Å².